The number of pyridine rings is 1. The van der Waals surface area contributed by atoms with Crippen molar-refractivity contribution in [1.82, 2.24) is 14.8 Å². The quantitative estimate of drug-likeness (QED) is 0.786. The number of likely N-dealkylation sites (tertiary alicyclic amines) is 1. The Hall–Kier alpha value is -1.30. The predicted molar refractivity (Wildman–Crippen MR) is 105 cm³/mol. The second-order valence-corrected chi connectivity index (χ2v) is 9.32. The highest BCUT2D eigenvalue weighted by Crippen LogP contribution is 2.52. The minimum absolute atomic E-state index is 0.208. The molecule has 0 N–H and O–H groups in total. The zero-order chi connectivity index (χ0) is 18.2. The second kappa shape index (κ2) is 7.02. The summed E-state index contributed by atoms with van der Waals surface area (Å²) in [4.78, 5) is 10.4. The molecular formula is C21H28FN3S. The molecular weight excluding hydrogens is 345 g/mol. The van der Waals surface area contributed by atoms with E-state index < -0.39 is 0 Å². The molecule has 2 fully saturated rings. The van der Waals surface area contributed by atoms with Crippen molar-refractivity contribution >= 4 is 11.3 Å². The summed E-state index contributed by atoms with van der Waals surface area (Å²) in [6.45, 7) is 3.07. The maximum Gasteiger partial charge on any atom is 0.141 e. The van der Waals surface area contributed by atoms with Crippen LogP contribution in [0, 0.1) is 11.2 Å². The van der Waals surface area contributed by atoms with Gasteiger partial charge in [-0.25, -0.2) is 4.39 Å². The fourth-order valence-electron chi connectivity index (χ4n) is 5.02. The Morgan fingerprint density at radius 1 is 1.19 bits per heavy atom. The summed E-state index contributed by atoms with van der Waals surface area (Å²) >= 11 is 1.90. The lowest BCUT2D eigenvalue weighted by Crippen LogP contribution is -2.47. The van der Waals surface area contributed by atoms with Crippen molar-refractivity contribution in [2.45, 2.75) is 44.2 Å². The van der Waals surface area contributed by atoms with Gasteiger partial charge < -0.3 is 0 Å². The largest absolute Gasteiger partial charge is 0.299 e. The molecule has 4 rings (SSSR count). The molecule has 1 spiro atoms. The Morgan fingerprint density at radius 2 is 2.00 bits per heavy atom. The van der Waals surface area contributed by atoms with Gasteiger partial charge in [0.1, 0.15) is 5.82 Å². The van der Waals surface area contributed by atoms with Crippen molar-refractivity contribution in [3.8, 4) is 0 Å². The van der Waals surface area contributed by atoms with Crippen LogP contribution >= 0.6 is 11.3 Å². The zero-order valence-electron chi connectivity index (χ0n) is 15.7. The molecule has 0 amide bonds. The number of halogens is 1. The first-order valence-electron chi connectivity index (χ1n) is 9.55. The van der Waals surface area contributed by atoms with Crippen LogP contribution in [0.4, 0.5) is 4.39 Å². The molecule has 140 valence electrons. The number of nitrogens with zero attached hydrogens (tertiary/aromatic N) is 3. The first kappa shape index (κ1) is 18.1. The van der Waals surface area contributed by atoms with Crippen LogP contribution in [0.25, 0.3) is 0 Å². The molecule has 5 heteroatoms. The van der Waals surface area contributed by atoms with Crippen LogP contribution in [0.2, 0.25) is 0 Å². The van der Waals surface area contributed by atoms with Gasteiger partial charge in [-0.15, -0.1) is 11.3 Å². The third-order valence-corrected chi connectivity index (χ3v) is 7.72. The molecule has 2 aromatic heterocycles. The summed E-state index contributed by atoms with van der Waals surface area (Å²) in [5, 5.41) is 2.20. The van der Waals surface area contributed by atoms with Gasteiger partial charge in [0.2, 0.25) is 0 Å². The van der Waals surface area contributed by atoms with E-state index in [4.69, 9.17) is 0 Å². The smallest absolute Gasteiger partial charge is 0.141 e. The summed E-state index contributed by atoms with van der Waals surface area (Å²) in [5.41, 5.74) is 1.63. The summed E-state index contributed by atoms with van der Waals surface area (Å²) in [7, 11) is 4.46. The molecule has 0 atom stereocenters. The maximum atomic E-state index is 13.4. The molecule has 1 saturated heterocycles. The van der Waals surface area contributed by atoms with E-state index in [9.17, 15) is 4.39 Å². The molecule has 26 heavy (non-hydrogen) atoms. The normalized spacial score (nSPS) is 29.7. The van der Waals surface area contributed by atoms with E-state index in [0.717, 1.165) is 25.2 Å². The molecule has 2 aliphatic rings. The van der Waals surface area contributed by atoms with Gasteiger partial charge in [-0.2, -0.15) is 0 Å². The SMILES string of the molecule is CN(C)C1(c2cccs2)CCC2(CCN(Cc3cncc(F)c3)C2)CC1. The molecule has 1 saturated carbocycles. The van der Waals surface area contributed by atoms with Crippen LogP contribution in [0.1, 0.15) is 42.5 Å². The van der Waals surface area contributed by atoms with Gasteiger partial charge >= 0.3 is 0 Å². The zero-order valence-corrected chi connectivity index (χ0v) is 16.6. The molecule has 0 bridgehead atoms. The second-order valence-electron chi connectivity index (χ2n) is 8.38. The lowest BCUT2D eigenvalue weighted by atomic mass is 9.66. The maximum absolute atomic E-state index is 13.4. The Kier molecular flexibility index (Phi) is 4.88. The van der Waals surface area contributed by atoms with Gasteiger partial charge in [-0.05, 0) is 81.2 Å². The Morgan fingerprint density at radius 3 is 2.65 bits per heavy atom. The minimum Gasteiger partial charge on any atom is -0.299 e. The third kappa shape index (κ3) is 3.32. The summed E-state index contributed by atoms with van der Waals surface area (Å²) in [5.74, 6) is -0.235. The topological polar surface area (TPSA) is 19.4 Å². The van der Waals surface area contributed by atoms with Gasteiger partial charge in [-0.1, -0.05) is 6.07 Å². The Bertz CT molecular complexity index is 735. The van der Waals surface area contributed by atoms with E-state index in [1.165, 1.54) is 43.2 Å². The number of rotatable bonds is 4. The van der Waals surface area contributed by atoms with E-state index in [1.807, 2.05) is 11.3 Å². The molecule has 2 aromatic rings. The van der Waals surface area contributed by atoms with E-state index in [-0.39, 0.29) is 11.4 Å². The highest BCUT2D eigenvalue weighted by molar-refractivity contribution is 7.10. The minimum atomic E-state index is -0.235. The number of aromatic nitrogens is 1. The summed E-state index contributed by atoms with van der Waals surface area (Å²) in [6, 6.07) is 6.10. The van der Waals surface area contributed by atoms with Gasteiger partial charge in [0.25, 0.3) is 0 Å². The van der Waals surface area contributed by atoms with Crippen LogP contribution in [0.15, 0.2) is 36.0 Å². The first-order valence-corrected chi connectivity index (χ1v) is 10.4. The first-order chi connectivity index (χ1) is 12.5. The lowest BCUT2D eigenvalue weighted by Gasteiger charge is -2.48. The van der Waals surface area contributed by atoms with Crippen molar-refractivity contribution in [3.63, 3.8) is 0 Å². The van der Waals surface area contributed by atoms with Crippen molar-refractivity contribution in [2.75, 3.05) is 27.2 Å². The molecule has 0 unspecified atom stereocenters. The molecule has 0 aromatic carbocycles. The van der Waals surface area contributed by atoms with Crippen LogP contribution in [-0.2, 0) is 12.1 Å². The van der Waals surface area contributed by atoms with Gasteiger partial charge in [-0.3, -0.25) is 14.8 Å². The Labute approximate surface area is 159 Å². The van der Waals surface area contributed by atoms with Crippen molar-refractivity contribution in [2.24, 2.45) is 5.41 Å². The average molecular weight is 374 g/mol. The van der Waals surface area contributed by atoms with E-state index in [0.29, 0.717) is 5.41 Å². The van der Waals surface area contributed by atoms with Crippen LogP contribution in [0.5, 0.6) is 0 Å². The predicted octanol–water partition coefficient (Wildman–Crippen LogP) is 4.51. The average Bonchev–Trinajstić information content (AvgIpc) is 3.27. The Balaban J connectivity index is 1.43. The van der Waals surface area contributed by atoms with Crippen LogP contribution in [-0.4, -0.2) is 42.0 Å². The molecule has 3 nitrogen and oxygen atoms in total. The monoisotopic (exact) mass is 373 g/mol. The highest BCUT2D eigenvalue weighted by atomic mass is 32.1. The van der Waals surface area contributed by atoms with Crippen LogP contribution in [0.3, 0.4) is 0 Å². The van der Waals surface area contributed by atoms with Gasteiger partial charge in [0.05, 0.1) is 11.7 Å². The summed E-state index contributed by atoms with van der Waals surface area (Å²) in [6.07, 6.45) is 9.36. The van der Waals surface area contributed by atoms with Crippen LogP contribution < -0.4 is 0 Å². The molecule has 3 heterocycles. The molecule has 1 aliphatic carbocycles. The fraction of sp³-hybridized carbons (Fsp3) is 0.571. The molecule has 0 radical (unpaired) electrons. The molecule has 1 aliphatic heterocycles. The van der Waals surface area contributed by atoms with E-state index >= 15 is 0 Å². The van der Waals surface area contributed by atoms with Crippen molar-refractivity contribution in [1.29, 1.82) is 0 Å². The third-order valence-electron chi connectivity index (χ3n) is 6.66. The number of hydrogen-bond donors (Lipinski definition) is 0. The van der Waals surface area contributed by atoms with Crippen molar-refractivity contribution < 1.29 is 4.39 Å². The standard InChI is InChI=1S/C21H28FN3S/c1-24(2)21(19-4-3-11-26-19)7-5-20(6-8-21)9-10-25(16-20)15-17-12-18(22)14-23-13-17/h3-4,11-14H,5-10,15-16H2,1-2H3. The van der Waals surface area contributed by atoms with Gasteiger partial charge in [0, 0.05) is 24.2 Å². The van der Waals surface area contributed by atoms with E-state index in [1.54, 1.807) is 12.3 Å². The fourth-order valence-corrected chi connectivity index (χ4v) is 6.09. The number of thiophene rings is 1. The van der Waals surface area contributed by atoms with Crippen molar-refractivity contribution in [3.05, 3.63) is 52.2 Å². The highest BCUT2D eigenvalue weighted by Gasteiger charge is 2.47. The summed E-state index contributed by atoms with van der Waals surface area (Å²) < 4.78 is 13.4. The van der Waals surface area contributed by atoms with Gasteiger partial charge in [0.15, 0.2) is 0 Å². The number of hydrogen-bond acceptors (Lipinski definition) is 4. The van der Waals surface area contributed by atoms with E-state index in [2.05, 4.69) is 46.4 Å². The lowest BCUT2D eigenvalue weighted by molar-refractivity contribution is 0.0404.